The number of anilines is 1. The summed E-state index contributed by atoms with van der Waals surface area (Å²) in [6, 6.07) is 12.3. The lowest BCUT2D eigenvalue weighted by molar-refractivity contribution is -0.118. The van der Waals surface area contributed by atoms with E-state index in [4.69, 9.17) is 18.5 Å². The molecule has 2 N–H and O–H groups in total. The lowest BCUT2D eigenvalue weighted by atomic mass is 10.0. The Kier molecular flexibility index (Phi) is 11.2. The van der Waals surface area contributed by atoms with E-state index in [-0.39, 0.29) is 24.0 Å². The highest BCUT2D eigenvalue weighted by atomic mass is 31.2. The summed E-state index contributed by atoms with van der Waals surface area (Å²) in [5.74, 6) is 0.939. The summed E-state index contributed by atoms with van der Waals surface area (Å²) in [7, 11) is -0.470. The fourth-order valence-corrected chi connectivity index (χ4v) is 5.37. The van der Waals surface area contributed by atoms with Gasteiger partial charge in [-0.25, -0.2) is 9.65 Å². The van der Waals surface area contributed by atoms with Gasteiger partial charge in [-0.2, -0.15) is 0 Å². The number of amides is 1. The maximum absolute atomic E-state index is 13.3. The van der Waals surface area contributed by atoms with Crippen molar-refractivity contribution < 1.29 is 27.9 Å². The van der Waals surface area contributed by atoms with E-state index in [1.807, 2.05) is 68.5 Å². The summed E-state index contributed by atoms with van der Waals surface area (Å²) in [5, 5.41) is 5.74. The molecule has 0 saturated carbocycles. The lowest BCUT2D eigenvalue weighted by Gasteiger charge is -2.29. The average Bonchev–Trinajstić information content (AvgIpc) is 2.80. The number of hydrogen-bond donors (Lipinski definition) is 2. The number of benzene rings is 2. The Balaban J connectivity index is 2.12. The van der Waals surface area contributed by atoms with Crippen LogP contribution in [0.3, 0.4) is 0 Å². The molecule has 0 aromatic heterocycles. The first-order chi connectivity index (χ1) is 16.9. The standard InChI is InChI=1S/C27H39N2O6P/c1-18(2)26(29-36(31,34-19(3)4)35-20(5)6)27(30)28-23-13-11-21(12-14-23)9-10-22-15-24(32-7)17-25(16-22)33-8/h9-20,26H,1-8H3,(H,28,30)(H,29,31)/b10-9+. The van der Waals surface area contributed by atoms with Gasteiger partial charge in [0.1, 0.15) is 11.5 Å². The molecular formula is C27H39N2O6P. The number of nitrogens with one attached hydrogen (secondary N) is 2. The van der Waals surface area contributed by atoms with Crippen molar-refractivity contribution in [3.63, 3.8) is 0 Å². The van der Waals surface area contributed by atoms with Gasteiger partial charge in [0.15, 0.2) is 0 Å². The quantitative estimate of drug-likeness (QED) is 0.234. The van der Waals surface area contributed by atoms with E-state index in [1.165, 1.54) is 0 Å². The molecular weight excluding hydrogens is 479 g/mol. The summed E-state index contributed by atoms with van der Waals surface area (Å²) in [4.78, 5) is 13.1. The van der Waals surface area contributed by atoms with E-state index in [0.717, 1.165) is 11.1 Å². The summed E-state index contributed by atoms with van der Waals surface area (Å²) >= 11 is 0. The summed E-state index contributed by atoms with van der Waals surface area (Å²) in [6.07, 6.45) is 3.24. The Labute approximate surface area is 215 Å². The van der Waals surface area contributed by atoms with Crippen LogP contribution in [-0.4, -0.2) is 38.4 Å². The second kappa shape index (κ2) is 13.6. The highest BCUT2D eigenvalue weighted by Crippen LogP contribution is 2.47. The van der Waals surface area contributed by atoms with Crippen molar-refractivity contribution in [3.8, 4) is 11.5 Å². The first kappa shape index (κ1) is 29.6. The number of methoxy groups -OCH3 is 2. The van der Waals surface area contributed by atoms with Crippen LogP contribution in [0.15, 0.2) is 42.5 Å². The van der Waals surface area contributed by atoms with Crippen molar-refractivity contribution >= 4 is 31.5 Å². The SMILES string of the molecule is COc1cc(/C=C/c2ccc(NC(=O)C(NP(=O)(OC(C)C)OC(C)C)C(C)C)cc2)cc(OC)c1. The monoisotopic (exact) mass is 518 g/mol. The topological polar surface area (TPSA) is 95.1 Å². The van der Waals surface area contributed by atoms with Crippen LogP contribution < -0.4 is 19.9 Å². The largest absolute Gasteiger partial charge is 0.497 e. The van der Waals surface area contributed by atoms with Gasteiger partial charge in [0.25, 0.3) is 0 Å². The van der Waals surface area contributed by atoms with Crippen LogP contribution in [-0.2, 0) is 18.4 Å². The second-order valence-corrected chi connectivity index (χ2v) is 10.9. The third-order valence-corrected chi connectivity index (χ3v) is 6.96. The van der Waals surface area contributed by atoms with E-state index in [0.29, 0.717) is 17.2 Å². The van der Waals surface area contributed by atoms with Gasteiger partial charge in [0, 0.05) is 11.8 Å². The highest BCUT2D eigenvalue weighted by molar-refractivity contribution is 7.51. The maximum atomic E-state index is 13.3. The second-order valence-electron chi connectivity index (χ2n) is 9.25. The molecule has 0 aliphatic rings. The molecule has 198 valence electrons. The first-order valence-corrected chi connectivity index (χ1v) is 13.6. The molecule has 0 heterocycles. The van der Waals surface area contributed by atoms with Crippen molar-refractivity contribution in [2.75, 3.05) is 19.5 Å². The van der Waals surface area contributed by atoms with Gasteiger partial charge in [-0.3, -0.25) is 13.8 Å². The Hall–Kier alpha value is -2.64. The van der Waals surface area contributed by atoms with Crippen molar-refractivity contribution in [1.29, 1.82) is 0 Å². The third kappa shape index (κ3) is 9.43. The maximum Gasteiger partial charge on any atom is 0.406 e. The normalized spacial score (nSPS) is 13.0. The minimum Gasteiger partial charge on any atom is -0.497 e. The van der Waals surface area contributed by atoms with Gasteiger partial charge < -0.3 is 14.8 Å². The highest BCUT2D eigenvalue weighted by Gasteiger charge is 2.35. The van der Waals surface area contributed by atoms with Crippen LogP contribution in [0.5, 0.6) is 11.5 Å². The smallest absolute Gasteiger partial charge is 0.406 e. The molecule has 1 atom stereocenters. The predicted molar refractivity (Wildman–Crippen MR) is 145 cm³/mol. The zero-order valence-corrected chi connectivity index (χ0v) is 23.3. The minimum absolute atomic E-state index is 0.160. The van der Waals surface area contributed by atoms with E-state index >= 15 is 0 Å². The summed E-state index contributed by atoms with van der Waals surface area (Å²) in [6.45, 7) is 10.8. The van der Waals surface area contributed by atoms with E-state index in [2.05, 4.69) is 10.4 Å². The van der Waals surface area contributed by atoms with Crippen LogP contribution >= 0.6 is 7.75 Å². The molecule has 0 radical (unpaired) electrons. The van der Waals surface area contributed by atoms with Crippen LogP contribution in [0, 0.1) is 5.92 Å². The Morgan fingerprint density at radius 1 is 0.806 bits per heavy atom. The third-order valence-electron chi connectivity index (χ3n) is 4.97. The molecule has 8 nitrogen and oxygen atoms in total. The molecule has 0 saturated heterocycles. The van der Waals surface area contributed by atoms with Crippen LogP contribution in [0.1, 0.15) is 52.7 Å². The molecule has 2 aromatic rings. The van der Waals surface area contributed by atoms with E-state index in [1.54, 1.807) is 41.9 Å². The van der Waals surface area contributed by atoms with Gasteiger partial charge in [0.05, 0.1) is 32.5 Å². The molecule has 0 aliphatic heterocycles. The summed E-state index contributed by atoms with van der Waals surface area (Å²) < 4.78 is 35.0. The molecule has 0 fully saturated rings. The molecule has 0 spiro atoms. The minimum atomic E-state index is -3.70. The Morgan fingerprint density at radius 2 is 1.31 bits per heavy atom. The molecule has 1 unspecified atom stereocenters. The first-order valence-electron chi connectivity index (χ1n) is 12.0. The average molecular weight is 519 g/mol. The zero-order valence-electron chi connectivity index (χ0n) is 22.4. The molecule has 2 aromatic carbocycles. The predicted octanol–water partition coefficient (Wildman–Crippen LogP) is 6.39. The summed E-state index contributed by atoms with van der Waals surface area (Å²) in [5.41, 5.74) is 2.51. The number of rotatable bonds is 13. The Morgan fingerprint density at radius 3 is 1.75 bits per heavy atom. The number of ether oxygens (including phenoxy) is 2. The fraction of sp³-hybridized carbons (Fsp3) is 0.444. The van der Waals surface area contributed by atoms with E-state index in [9.17, 15) is 9.36 Å². The fourth-order valence-electron chi connectivity index (χ4n) is 3.34. The Bertz CT molecular complexity index is 1030. The van der Waals surface area contributed by atoms with Crippen molar-refractivity contribution in [2.24, 2.45) is 5.92 Å². The lowest BCUT2D eigenvalue weighted by Crippen LogP contribution is -2.43. The van der Waals surface area contributed by atoms with Crippen molar-refractivity contribution in [2.45, 2.75) is 59.8 Å². The van der Waals surface area contributed by atoms with Crippen LogP contribution in [0.25, 0.3) is 12.2 Å². The zero-order chi connectivity index (χ0) is 26.9. The molecule has 1 amide bonds. The van der Waals surface area contributed by atoms with Gasteiger partial charge in [0.2, 0.25) is 5.91 Å². The van der Waals surface area contributed by atoms with Gasteiger partial charge in [-0.1, -0.05) is 38.1 Å². The number of carbonyl (C=O) groups excluding carboxylic acids is 1. The van der Waals surface area contributed by atoms with Gasteiger partial charge in [-0.05, 0) is 69.0 Å². The van der Waals surface area contributed by atoms with Crippen LogP contribution in [0.4, 0.5) is 5.69 Å². The molecule has 36 heavy (non-hydrogen) atoms. The number of carbonyl (C=O) groups is 1. The van der Waals surface area contributed by atoms with Crippen molar-refractivity contribution in [1.82, 2.24) is 5.09 Å². The molecule has 2 rings (SSSR count). The number of hydrogen-bond acceptors (Lipinski definition) is 6. The molecule has 0 aliphatic carbocycles. The van der Waals surface area contributed by atoms with Gasteiger partial charge >= 0.3 is 7.75 Å². The molecule has 9 heteroatoms. The molecule has 0 bridgehead atoms. The van der Waals surface area contributed by atoms with Crippen LogP contribution in [0.2, 0.25) is 0 Å². The van der Waals surface area contributed by atoms with E-state index < -0.39 is 13.8 Å². The van der Waals surface area contributed by atoms with Gasteiger partial charge in [-0.15, -0.1) is 0 Å². The van der Waals surface area contributed by atoms with Crippen molar-refractivity contribution in [3.05, 3.63) is 53.6 Å².